The van der Waals surface area contributed by atoms with E-state index in [0.29, 0.717) is 5.92 Å². The largest absolute Gasteiger partial charge is 0.469 e. The molecule has 0 bridgehead atoms. The van der Waals surface area contributed by atoms with Crippen molar-refractivity contribution in [1.82, 2.24) is 0 Å². The number of carbonyl (C=O) groups excluding carboxylic acids is 1. The molecule has 12 heavy (non-hydrogen) atoms. The van der Waals surface area contributed by atoms with Crippen LogP contribution in [0, 0.1) is 11.3 Å². The zero-order chi connectivity index (χ0) is 9.19. The van der Waals surface area contributed by atoms with Crippen molar-refractivity contribution in [3.8, 4) is 0 Å². The molecule has 0 saturated heterocycles. The van der Waals surface area contributed by atoms with Crippen LogP contribution in [-0.4, -0.2) is 13.1 Å². The third-order valence-electron chi connectivity index (χ3n) is 2.90. The second kappa shape index (κ2) is 3.46. The van der Waals surface area contributed by atoms with Gasteiger partial charge < -0.3 is 4.74 Å². The molecule has 1 rings (SSSR count). The van der Waals surface area contributed by atoms with E-state index in [2.05, 4.69) is 6.92 Å². The maximum Gasteiger partial charge on any atom is 0.311 e. The van der Waals surface area contributed by atoms with Gasteiger partial charge in [0, 0.05) is 0 Å². The van der Waals surface area contributed by atoms with Crippen molar-refractivity contribution in [2.75, 3.05) is 7.11 Å². The number of hydrogen-bond acceptors (Lipinski definition) is 2. The Bertz CT molecular complexity index is 177. The highest BCUT2D eigenvalue weighted by Gasteiger charge is 2.37. The van der Waals surface area contributed by atoms with E-state index in [1.54, 1.807) is 0 Å². The fraction of sp³-hybridized carbons (Fsp3) is 0.900. The third-order valence-corrected chi connectivity index (χ3v) is 2.90. The smallest absolute Gasteiger partial charge is 0.311 e. The predicted molar refractivity (Wildman–Crippen MR) is 47.8 cm³/mol. The van der Waals surface area contributed by atoms with Gasteiger partial charge in [-0.1, -0.05) is 19.8 Å². The minimum absolute atomic E-state index is 0.0333. The van der Waals surface area contributed by atoms with Crippen LogP contribution in [0.1, 0.15) is 39.5 Å². The van der Waals surface area contributed by atoms with Crippen molar-refractivity contribution in [2.45, 2.75) is 39.5 Å². The van der Waals surface area contributed by atoms with Crippen molar-refractivity contribution in [3.05, 3.63) is 0 Å². The second-order valence-electron chi connectivity index (χ2n) is 4.25. The van der Waals surface area contributed by atoms with E-state index >= 15 is 0 Å². The van der Waals surface area contributed by atoms with Gasteiger partial charge in [0.25, 0.3) is 0 Å². The minimum Gasteiger partial charge on any atom is -0.469 e. The van der Waals surface area contributed by atoms with Gasteiger partial charge in [-0.25, -0.2) is 0 Å². The average Bonchev–Trinajstić information content (AvgIpc) is 2.02. The zero-order valence-electron chi connectivity index (χ0n) is 8.22. The fourth-order valence-corrected chi connectivity index (χ4v) is 2.25. The van der Waals surface area contributed by atoms with Crippen LogP contribution in [0.4, 0.5) is 0 Å². The summed E-state index contributed by atoms with van der Waals surface area (Å²) in [5.41, 5.74) is -0.202. The summed E-state index contributed by atoms with van der Waals surface area (Å²) < 4.78 is 4.80. The van der Waals surface area contributed by atoms with E-state index in [9.17, 15) is 4.79 Å². The Labute approximate surface area is 74.3 Å². The number of hydrogen-bond donors (Lipinski definition) is 0. The molecule has 1 aliphatic carbocycles. The highest BCUT2D eigenvalue weighted by atomic mass is 16.5. The molecule has 0 aromatic rings. The molecule has 0 heterocycles. The first kappa shape index (κ1) is 9.56. The maximum absolute atomic E-state index is 11.4. The zero-order valence-corrected chi connectivity index (χ0v) is 8.22. The number of methoxy groups -OCH3 is 1. The van der Waals surface area contributed by atoms with Gasteiger partial charge in [0.2, 0.25) is 0 Å². The number of carbonyl (C=O) groups is 1. The summed E-state index contributed by atoms with van der Waals surface area (Å²) in [5, 5.41) is 0. The highest BCUT2D eigenvalue weighted by molar-refractivity contribution is 5.76. The molecule has 2 nitrogen and oxygen atoms in total. The summed E-state index contributed by atoms with van der Waals surface area (Å²) in [7, 11) is 1.48. The molecule has 70 valence electrons. The van der Waals surface area contributed by atoms with Crippen molar-refractivity contribution >= 4 is 5.97 Å². The van der Waals surface area contributed by atoms with Crippen molar-refractivity contribution in [2.24, 2.45) is 11.3 Å². The highest BCUT2D eigenvalue weighted by Crippen LogP contribution is 2.39. The molecule has 0 N–H and O–H groups in total. The predicted octanol–water partition coefficient (Wildman–Crippen LogP) is 2.38. The number of esters is 1. The fourth-order valence-electron chi connectivity index (χ4n) is 2.25. The molecule has 1 saturated carbocycles. The first-order valence-electron chi connectivity index (χ1n) is 4.67. The molecule has 0 aromatic carbocycles. The second-order valence-corrected chi connectivity index (χ2v) is 4.25. The van der Waals surface area contributed by atoms with E-state index in [1.165, 1.54) is 13.5 Å². The van der Waals surface area contributed by atoms with Crippen LogP contribution in [-0.2, 0) is 9.53 Å². The summed E-state index contributed by atoms with van der Waals surface area (Å²) in [5.74, 6) is 0.636. The Balaban J connectivity index is 2.63. The molecule has 0 radical (unpaired) electrons. The van der Waals surface area contributed by atoms with Gasteiger partial charge in [-0.2, -0.15) is 0 Å². The van der Waals surface area contributed by atoms with Gasteiger partial charge in [-0.15, -0.1) is 0 Å². The van der Waals surface area contributed by atoms with E-state index in [0.717, 1.165) is 19.3 Å². The van der Waals surface area contributed by atoms with Crippen LogP contribution < -0.4 is 0 Å². The Morgan fingerprint density at radius 3 is 2.75 bits per heavy atom. The quantitative estimate of drug-likeness (QED) is 0.565. The van der Waals surface area contributed by atoms with Crippen LogP contribution in [0.5, 0.6) is 0 Å². The van der Waals surface area contributed by atoms with Crippen LogP contribution in [0.15, 0.2) is 0 Å². The van der Waals surface area contributed by atoms with Gasteiger partial charge in [-0.3, -0.25) is 4.79 Å². The van der Waals surface area contributed by atoms with Crippen molar-refractivity contribution in [3.63, 3.8) is 0 Å². The molecule has 0 aromatic heterocycles. The molecule has 0 spiro atoms. The van der Waals surface area contributed by atoms with Crippen molar-refractivity contribution < 1.29 is 9.53 Å². The number of rotatable bonds is 1. The van der Waals surface area contributed by atoms with Gasteiger partial charge in [-0.05, 0) is 25.7 Å². The topological polar surface area (TPSA) is 26.3 Å². The summed E-state index contributed by atoms with van der Waals surface area (Å²) in [6, 6.07) is 0. The normalized spacial score (nSPS) is 36.1. The molecule has 1 fully saturated rings. The van der Waals surface area contributed by atoms with E-state index < -0.39 is 0 Å². The average molecular weight is 170 g/mol. The summed E-state index contributed by atoms with van der Waals surface area (Å²) >= 11 is 0. The van der Waals surface area contributed by atoms with Gasteiger partial charge in [0.1, 0.15) is 0 Å². The molecule has 2 atom stereocenters. The lowest BCUT2D eigenvalue weighted by Gasteiger charge is -2.34. The monoisotopic (exact) mass is 170 g/mol. The summed E-state index contributed by atoms with van der Waals surface area (Å²) in [6.45, 7) is 4.23. The number of ether oxygens (including phenoxy) is 1. The Hall–Kier alpha value is -0.530. The molecule has 2 heteroatoms. The van der Waals surface area contributed by atoms with Crippen molar-refractivity contribution in [1.29, 1.82) is 0 Å². The lowest BCUT2D eigenvalue weighted by molar-refractivity contribution is -0.154. The molecular weight excluding hydrogens is 152 g/mol. The first-order valence-corrected chi connectivity index (χ1v) is 4.67. The molecular formula is C10H18O2. The van der Waals surface area contributed by atoms with Gasteiger partial charge >= 0.3 is 5.97 Å². The van der Waals surface area contributed by atoms with Crippen LogP contribution in [0.3, 0.4) is 0 Å². The van der Waals surface area contributed by atoms with Crippen LogP contribution >= 0.6 is 0 Å². The van der Waals surface area contributed by atoms with Gasteiger partial charge in [0.05, 0.1) is 12.5 Å². The lowest BCUT2D eigenvalue weighted by Crippen LogP contribution is -2.33. The standard InChI is InChI=1S/C10H18O2/c1-8-5-4-6-10(2,7-8)9(11)12-3/h8H,4-7H2,1-3H3/t8-,10-/m0/s1. The molecule has 1 aliphatic rings. The van der Waals surface area contributed by atoms with Crippen LogP contribution in [0.2, 0.25) is 0 Å². The van der Waals surface area contributed by atoms with E-state index in [-0.39, 0.29) is 11.4 Å². The SMILES string of the molecule is COC(=O)[C@@]1(C)CCC[C@H](C)C1. The Kier molecular flexibility index (Phi) is 2.76. The minimum atomic E-state index is -0.202. The van der Waals surface area contributed by atoms with Gasteiger partial charge in [0.15, 0.2) is 0 Å². The molecule has 0 unspecified atom stereocenters. The maximum atomic E-state index is 11.4. The third kappa shape index (κ3) is 1.79. The lowest BCUT2D eigenvalue weighted by atomic mass is 9.71. The Morgan fingerprint density at radius 2 is 2.25 bits per heavy atom. The molecule has 0 aliphatic heterocycles. The molecule has 0 amide bonds. The van der Waals surface area contributed by atoms with E-state index in [1.807, 2.05) is 6.92 Å². The van der Waals surface area contributed by atoms with Crippen LogP contribution in [0.25, 0.3) is 0 Å². The Morgan fingerprint density at radius 1 is 1.58 bits per heavy atom. The first-order chi connectivity index (χ1) is 5.58. The summed E-state index contributed by atoms with van der Waals surface area (Å²) in [6.07, 6.45) is 4.39. The van der Waals surface area contributed by atoms with E-state index in [4.69, 9.17) is 4.74 Å². The summed E-state index contributed by atoms with van der Waals surface area (Å²) in [4.78, 5) is 11.4.